The first-order valence-electron chi connectivity index (χ1n) is 6.06. The summed E-state index contributed by atoms with van der Waals surface area (Å²) in [4.78, 5) is 12.5. The third kappa shape index (κ3) is 2.82. The second-order valence-electron chi connectivity index (χ2n) is 3.93. The van der Waals surface area contributed by atoms with Gasteiger partial charge in [-0.3, -0.25) is 0 Å². The van der Waals surface area contributed by atoms with Gasteiger partial charge in [0.25, 0.3) is 5.69 Å². The second-order valence-corrected chi connectivity index (χ2v) is 3.93. The molecule has 0 aliphatic rings. The molecule has 2 rings (SSSR count). The zero-order chi connectivity index (χ0) is 14.5. The zero-order valence-electron chi connectivity index (χ0n) is 11.2. The van der Waals surface area contributed by atoms with Gasteiger partial charge >= 0.3 is 5.97 Å². The molecule has 0 N–H and O–H groups in total. The lowest BCUT2D eigenvalue weighted by molar-refractivity contribution is -0.734. The summed E-state index contributed by atoms with van der Waals surface area (Å²) < 4.78 is 5.96. The lowest BCUT2D eigenvalue weighted by atomic mass is 10.2. The Labute approximate surface area is 115 Å². The van der Waals surface area contributed by atoms with Gasteiger partial charge < -0.3 is 9.84 Å². The van der Waals surface area contributed by atoms with Crippen LogP contribution in [0.15, 0.2) is 35.4 Å². The number of ether oxygens (including phenoxy) is 1. The summed E-state index contributed by atoms with van der Waals surface area (Å²) >= 11 is 0. The molecule has 0 aliphatic heterocycles. The van der Waals surface area contributed by atoms with E-state index in [2.05, 4.69) is 10.3 Å². The van der Waals surface area contributed by atoms with Crippen molar-refractivity contribution < 1.29 is 19.3 Å². The van der Waals surface area contributed by atoms with Gasteiger partial charge in [0, 0.05) is 0 Å². The van der Waals surface area contributed by atoms with Gasteiger partial charge in [-0.1, -0.05) is 35.4 Å². The van der Waals surface area contributed by atoms with Gasteiger partial charge in [0.15, 0.2) is 5.88 Å². The van der Waals surface area contributed by atoms with E-state index in [0.717, 1.165) is 15.0 Å². The smallest absolute Gasteiger partial charge is 0.383 e. The van der Waals surface area contributed by atoms with E-state index >= 15 is 0 Å². The van der Waals surface area contributed by atoms with Gasteiger partial charge in [0.1, 0.15) is 12.3 Å². The number of nitrogens with zero attached hydrogens (tertiary/aromatic N) is 4. The molecule has 0 spiro atoms. The van der Waals surface area contributed by atoms with Crippen molar-refractivity contribution in [1.82, 2.24) is 10.0 Å². The van der Waals surface area contributed by atoms with E-state index in [1.165, 1.54) is 13.3 Å². The largest absolute Gasteiger partial charge is 0.836 e. The van der Waals surface area contributed by atoms with Crippen LogP contribution >= 0.6 is 0 Å². The molecule has 104 valence electrons. The molecule has 7 heteroatoms. The molecule has 0 unspecified atom stereocenters. The van der Waals surface area contributed by atoms with Crippen molar-refractivity contribution in [3.63, 3.8) is 0 Å². The Bertz CT molecular complexity index is 635. The molecule has 0 saturated carbocycles. The molecule has 0 radical (unpaired) electrons. The number of rotatable bonds is 4. The molecular weight excluding hydrogens is 260 g/mol. The molecule has 1 heterocycles. The average Bonchev–Trinajstić information content (AvgIpc) is 2.72. The van der Waals surface area contributed by atoms with E-state index < -0.39 is 11.8 Å². The summed E-state index contributed by atoms with van der Waals surface area (Å²) in [5.74, 6) is -1.32. The molecular formula is C13H14N4O3. The summed E-state index contributed by atoms with van der Waals surface area (Å²) in [6.45, 7) is 1.86. The zero-order valence-corrected chi connectivity index (χ0v) is 11.2. The first-order valence-corrected chi connectivity index (χ1v) is 6.06. The Balaban J connectivity index is 2.28. The first kappa shape index (κ1) is 13.7. The number of hydrogen-bond donors (Lipinski definition) is 0. The highest BCUT2D eigenvalue weighted by atomic mass is 16.5. The maximum atomic E-state index is 12.0. The Hall–Kier alpha value is -2.70. The minimum atomic E-state index is -0.707. The minimum absolute atomic E-state index is 0.155. The number of aryl methyl sites for hydroxylation is 1. The second kappa shape index (κ2) is 5.96. The highest BCUT2D eigenvalue weighted by Gasteiger charge is 2.24. The van der Waals surface area contributed by atoms with E-state index in [0.29, 0.717) is 0 Å². The van der Waals surface area contributed by atoms with Crippen molar-refractivity contribution in [2.24, 2.45) is 12.1 Å². The van der Waals surface area contributed by atoms with Gasteiger partial charge in [-0.05, 0) is 17.3 Å². The van der Waals surface area contributed by atoms with E-state index in [4.69, 9.17) is 4.74 Å². The van der Waals surface area contributed by atoms with E-state index in [1.807, 2.05) is 30.3 Å². The lowest BCUT2D eigenvalue weighted by Gasteiger charge is -2.00. The van der Waals surface area contributed by atoms with E-state index in [9.17, 15) is 9.90 Å². The van der Waals surface area contributed by atoms with Gasteiger partial charge in [0.05, 0.1) is 12.8 Å². The molecule has 0 saturated heterocycles. The highest BCUT2D eigenvalue weighted by molar-refractivity contribution is 5.87. The van der Waals surface area contributed by atoms with Crippen LogP contribution in [-0.4, -0.2) is 28.8 Å². The van der Waals surface area contributed by atoms with Gasteiger partial charge in [-0.2, -0.15) is 0 Å². The molecule has 0 fully saturated rings. The van der Waals surface area contributed by atoms with Crippen LogP contribution in [0, 0.1) is 0 Å². The van der Waals surface area contributed by atoms with E-state index in [1.54, 1.807) is 6.92 Å². The standard InChI is InChI=1S/C13H14N4O3/c1-3-20-13(19)11-12(18)17(15-16(11)2)14-9-10-7-5-4-6-8-10/h4-9H,3H2,1-2H3. The first-order chi connectivity index (χ1) is 9.63. The summed E-state index contributed by atoms with van der Waals surface area (Å²) in [6, 6.07) is 9.26. The molecule has 1 aromatic heterocycles. The van der Waals surface area contributed by atoms with Gasteiger partial charge in [0.2, 0.25) is 0 Å². The van der Waals surface area contributed by atoms with Crippen LogP contribution in [-0.2, 0) is 11.8 Å². The van der Waals surface area contributed by atoms with Crippen LogP contribution < -0.4 is 9.79 Å². The maximum absolute atomic E-state index is 12.0. The number of carbonyl (C=O) groups excluding carboxylic acids is 1. The predicted molar refractivity (Wildman–Crippen MR) is 68.2 cm³/mol. The summed E-state index contributed by atoms with van der Waals surface area (Å²) in [5, 5.41) is 19.8. The fraction of sp³-hybridized carbons (Fsp3) is 0.231. The molecule has 0 aliphatic carbocycles. The van der Waals surface area contributed by atoms with Crippen LogP contribution in [0.25, 0.3) is 0 Å². The summed E-state index contributed by atoms with van der Waals surface area (Å²) in [5.41, 5.74) is 0.666. The van der Waals surface area contributed by atoms with Crippen molar-refractivity contribution in [3.8, 4) is 5.88 Å². The van der Waals surface area contributed by atoms with Crippen LogP contribution in [0.2, 0.25) is 0 Å². The molecule has 1 aromatic carbocycles. The number of benzene rings is 1. The fourth-order valence-electron chi connectivity index (χ4n) is 1.60. The van der Waals surface area contributed by atoms with Crippen molar-refractivity contribution >= 4 is 12.2 Å². The van der Waals surface area contributed by atoms with Crippen molar-refractivity contribution in [3.05, 3.63) is 41.6 Å². The normalized spacial score (nSPS) is 10.9. The van der Waals surface area contributed by atoms with Gasteiger partial charge in [-0.25, -0.2) is 4.79 Å². The Morgan fingerprint density at radius 2 is 2.20 bits per heavy atom. The molecule has 2 aromatic rings. The quantitative estimate of drug-likeness (QED) is 0.440. The SMILES string of the molecule is CCOC(=O)c1c([O-])n(N=Cc2ccccc2)n[n+]1C. The maximum Gasteiger partial charge on any atom is 0.383 e. The molecule has 0 bridgehead atoms. The molecule has 0 amide bonds. The Morgan fingerprint density at radius 3 is 2.85 bits per heavy atom. The Kier molecular flexibility index (Phi) is 4.09. The topological polar surface area (TPSA) is 83.4 Å². The molecule has 7 nitrogen and oxygen atoms in total. The van der Waals surface area contributed by atoms with E-state index in [-0.39, 0.29) is 12.3 Å². The molecule has 20 heavy (non-hydrogen) atoms. The predicted octanol–water partition coefficient (Wildman–Crippen LogP) is -0.160. The van der Waals surface area contributed by atoms with Crippen molar-refractivity contribution in [2.45, 2.75) is 6.92 Å². The van der Waals surface area contributed by atoms with Crippen molar-refractivity contribution in [2.75, 3.05) is 6.61 Å². The third-order valence-electron chi connectivity index (χ3n) is 2.51. The fourth-order valence-corrected chi connectivity index (χ4v) is 1.60. The molecule has 0 atom stereocenters. The van der Waals surface area contributed by atoms with Crippen molar-refractivity contribution in [1.29, 1.82) is 0 Å². The third-order valence-corrected chi connectivity index (χ3v) is 2.51. The minimum Gasteiger partial charge on any atom is -0.836 e. The van der Waals surface area contributed by atoms with Gasteiger partial charge in [-0.15, -0.1) is 4.68 Å². The highest BCUT2D eigenvalue weighted by Crippen LogP contribution is 2.09. The number of esters is 1. The lowest BCUT2D eigenvalue weighted by Crippen LogP contribution is -2.38. The monoisotopic (exact) mass is 274 g/mol. The van der Waals surface area contributed by atoms with Crippen LogP contribution in [0.3, 0.4) is 0 Å². The summed E-state index contributed by atoms with van der Waals surface area (Å²) in [7, 11) is 1.49. The summed E-state index contributed by atoms with van der Waals surface area (Å²) in [6.07, 6.45) is 1.49. The van der Waals surface area contributed by atoms with Crippen LogP contribution in [0.4, 0.5) is 0 Å². The van der Waals surface area contributed by atoms with Crippen LogP contribution in [0.5, 0.6) is 5.88 Å². The number of aromatic nitrogens is 3. The number of hydrogen-bond acceptors (Lipinski definition) is 5. The average molecular weight is 274 g/mol. The Morgan fingerprint density at radius 1 is 1.50 bits per heavy atom. The van der Waals surface area contributed by atoms with Crippen LogP contribution in [0.1, 0.15) is 23.0 Å². The number of carbonyl (C=O) groups is 1.